The Kier molecular flexibility index (Phi) is 4.84. The van der Waals surface area contributed by atoms with Gasteiger partial charge >= 0.3 is 0 Å². The predicted molar refractivity (Wildman–Crippen MR) is 184 cm³/mol. The van der Waals surface area contributed by atoms with E-state index < -0.39 is 0 Å². The molecule has 204 valence electrons. The Morgan fingerprint density at radius 1 is 0.409 bits per heavy atom. The number of para-hydroxylation sites is 2. The maximum absolute atomic E-state index is 4.99. The lowest BCUT2D eigenvalue weighted by atomic mass is 10.0. The van der Waals surface area contributed by atoms with E-state index in [0.29, 0.717) is 17.5 Å². The van der Waals surface area contributed by atoms with Gasteiger partial charge < -0.3 is 4.40 Å². The smallest absolute Gasteiger partial charge is 0.164 e. The molecule has 4 heterocycles. The molecule has 0 aliphatic heterocycles. The highest BCUT2D eigenvalue weighted by Gasteiger charge is 2.21. The summed E-state index contributed by atoms with van der Waals surface area (Å²) in [6, 6.07) is 46.9. The van der Waals surface area contributed by atoms with Gasteiger partial charge in [0, 0.05) is 53.7 Å². The van der Waals surface area contributed by atoms with Gasteiger partial charge in [-0.05, 0) is 24.3 Å². The van der Waals surface area contributed by atoms with E-state index in [1.54, 1.807) is 0 Å². The zero-order valence-electron chi connectivity index (χ0n) is 23.4. The minimum absolute atomic E-state index is 0.670. The predicted octanol–water partition coefficient (Wildman–Crippen LogP) is 10.4. The van der Waals surface area contributed by atoms with Crippen LogP contribution in [0.25, 0.3) is 92.4 Å². The summed E-state index contributed by atoms with van der Waals surface area (Å²) < 4.78 is 5.04. The molecule has 0 atom stereocenters. The van der Waals surface area contributed by atoms with Crippen LogP contribution in [0.2, 0.25) is 0 Å². The van der Waals surface area contributed by atoms with Crippen LogP contribution in [0.4, 0.5) is 0 Å². The molecule has 6 aromatic carbocycles. The van der Waals surface area contributed by atoms with E-state index in [4.69, 9.17) is 15.0 Å². The van der Waals surface area contributed by atoms with Gasteiger partial charge in [0.05, 0.1) is 21.3 Å². The lowest BCUT2D eigenvalue weighted by molar-refractivity contribution is 1.07. The van der Waals surface area contributed by atoms with Crippen LogP contribution in [0.5, 0.6) is 0 Å². The summed E-state index contributed by atoms with van der Waals surface area (Å²) in [6.45, 7) is 0. The largest absolute Gasteiger partial charge is 0.307 e. The quantitative estimate of drug-likeness (QED) is 0.209. The summed E-state index contributed by atoms with van der Waals surface area (Å²) in [6.07, 6.45) is 0. The highest BCUT2D eigenvalue weighted by molar-refractivity contribution is 7.26. The van der Waals surface area contributed by atoms with Crippen LogP contribution in [-0.2, 0) is 0 Å². The zero-order chi connectivity index (χ0) is 28.8. The third-order valence-electron chi connectivity index (χ3n) is 8.78. The van der Waals surface area contributed by atoms with E-state index in [9.17, 15) is 0 Å². The zero-order valence-corrected chi connectivity index (χ0v) is 24.2. The van der Waals surface area contributed by atoms with E-state index in [1.165, 1.54) is 58.3 Å². The van der Waals surface area contributed by atoms with E-state index >= 15 is 0 Å². The van der Waals surface area contributed by atoms with Gasteiger partial charge in [-0.15, -0.1) is 11.3 Å². The van der Waals surface area contributed by atoms with Crippen molar-refractivity contribution in [2.75, 3.05) is 0 Å². The van der Waals surface area contributed by atoms with E-state index in [0.717, 1.165) is 16.7 Å². The van der Waals surface area contributed by atoms with Crippen LogP contribution in [0.3, 0.4) is 0 Å². The number of hydrogen-bond donors (Lipinski definition) is 0. The number of aromatic nitrogens is 4. The molecule has 44 heavy (non-hydrogen) atoms. The Bertz CT molecular complexity index is 2650. The molecule has 10 rings (SSSR count). The van der Waals surface area contributed by atoms with Gasteiger partial charge in [0.25, 0.3) is 0 Å². The van der Waals surface area contributed by atoms with E-state index in [-0.39, 0.29) is 0 Å². The lowest BCUT2D eigenvalue weighted by Gasteiger charge is -2.08. The summed E-state index contributed by atoms with van der Waals surface area (Å²) >= 11 is 1.86. The van der Waals surface area contributed by atoms with Gasteiger partial charge in [0.1, 0.15) is 0 Å². The van der Waals surface area contributed by atoms with Crippen LogP contribution >= 0.6 is 11.3 Å². The SMILES string of the molecule is c1ccc(-c2nc(-c3ccccc3)nc(-c3ccc4sc5c(ccc6c7cccc8c9ccccc9n(c87)c65)c4c3)n2)cc1. The first-order valence-corrected chi connectivity index (χ1v) is 15.5. The third kappa shape index (κ3) is 3.30. The molecule has 0 spiro atoms. The normalized spacial score (nSPS) is 12.1. The minimum atomic E-state index is 0.670. The molecule has 0 amide bonds. The molecule has 0 saturated carbocycles. The second kappa shape index (κ2) is 8.93. The van der Waals surface area contributed by atoms with Crippen molar-refractivity contribution in [1.82, 2.24) is 19.4 Å². The summed E-state index contributed by atoms with van der Waals surface area (Å²) in [5, 5.41) is 7.69. The Morgan fingerprint density at radius 2 is 0.977 bits per heavy atom. The van der Waals surface area contributed by atoms with Crippen LogP contribution < -0.4 is 0 Å². The molecular weight excluding hydrogens is 557 g/mol. The minimum Gasteiger partial charge on any atom is -0.307 e. The number of benzene rings is 6. The van der Waals surface area contributed by atoms with E-state index in [1.807, 2.05) is 72.0 Å². The summed E-state index contributed by atoms with van der Waals surface area (Å²) in [4.78, 5) is 14.8. The molecule has 0 bridgehead atoms. The maximum Gasteiger partial charge on any atom is 0.164 e. The van der Waals surface area contributed by atoms with Gasteiger partial charge in [0.2, 0.25) is 0 Å². The molecule has 0 radical (unpaired) electrons. The molecular formula is C39H22N4S. The number of thiophene rings is 1. The molecule has 0 fully saturated rings. The van der Waals surface area contributed by atoms with Crippen molar-refractivity contribution in [3.8, 4) is 34.2 Å². The Hall–Kier alpha value is -5.65. The van der Waals surface area contributed by atoms with Crippen LogP contribution in [0.1, 0.15) is 0 Å². The molecule has 4 aromatic heterocycles. The number of hydrogen-bond acceptors (Lipinski definition) is 4. The summed E-state index contributed by atoms with van der Waals surface area (Å²) in [5.74, 6) is 2.01. The first kappa shape index (κ1) is 23.9. The van der Waals surface area contributed by atoms with Crippen molar-refractivity contribution in [3.05, 3.63) is 133 Å². The second-order valence-electron chi connectivity index (χ2n) is 11.2. The van der Waals surface area contributed by atoms with Crippen LogP contribution in [0.15, 0.2) is 133 Å². The molecule has 5 heteroatoms. The van der Waals surface area contributed by atoms with Gasteiger partial charge in [-0.1, -0.05) is 109 Å². The molecule has 0 aliphatic rings. The number of nitrogens with zero attached hydrogens (tertiary/aromatic N) is 4. The molecule has 10 aromatic rings. The highest BCUT2D eigenvalue weighted by Crippen LogP contribution is 2.45. The fraction of sp³-hybridized carbons (Fsp3) is 0. The fourth-order valence-electron chi connectivity index (χ4n) is 6.81. The molecule has 0 aliphatic carbocycles. The lowest BCUT2D eigenvalue weighted by Crippen LogP contribution is -2.00. The van der Waals surface area contributed by atoms with Crippen molar-refractivity contribution in [3.63, 3.8) is 0 Å². The van der Waals surface area contributed by atoms with Crippen LogP contribution in [-0.4, -0.2) is 19.4 Å². The van der Waals surface area contributed by atoms with E-state index in [2.05, 4.69) is 77.2 Å². The highest BCUT2D eigenvalue weighted by atomic mass is 32.1. The average Bonchev–Trinajstić information content (AvgIpc) is 3.75. The first-order valence-electron chi connectivity index (χ1n) is 14.7. The van der Waals surface area contributed by atoms with Crippen molar-refractivity contribution in [2.24, 2.45) is 0 Å². The molecule has 0 saturated heterocycles. The molecule has 4 nitrogen and oxygen atoms in total. The average molecular weight is 579 g/mol. The van der Waals surface area contributed by atoms with Crippen molar-refractivity contribution < 1.29 is 0 Å². The van der Waals surface area contributed by atoms with Gasteiger partial charge in [-0.2, -0.15) is 0 Å². The third-order valence-corrected chi connectivity index (χ3v) is 9.97. The van der Waals surface area contributed by atoms with Crippen molar-refractivity contribution in [2.45, 2.75) is 0 Å². The molecule has 0 N–H and O–H groups in total. The summed E-state index contributed by atoms with van der Waals surface area (Å²) in [7, 11) is 0. The standard InChI is InChI=1S/C39H22N4S/c1-3-10-23(11-4-1)37-40-38(24-12-5-2-6-13-24)42-39(41-37)25-18-21-33-31(22-25)30-20-19-29-28-16-9-15-27-26-14-7-8-17-32(26)43(34(27)28)35(29)36(30)44-33/h1-22H. The van der Waals surface area contributed by atoms with Gasteiger partial charge in [0.15, 0.2) is 17.5 Å². The van der Waals surface area contributed by atoms with Crippen molar-refractivity contribution >= 4 is 69.6 Å². The first-order chi connectivity index (χ1) is 21.8. The monoisotopic (exact) mass is 578 g/mol. The number of fused-ring (bicyclic) bond motifs is 10. The molecule has 0 unspecified atom stereocenters. The van der Waals surface area contributed by atoms with Gasteiger partial charge in [-0.3, -0.25) is 0 Å². The topological polar surface area (TPSA) is 43.1 Å². The Balaban J connectivity index is 1.24. The van der Waals surface area contributed by atoms with Gasteiger partial charge in [-0.25, -0.2) is 15.0 Å². The number of rotatable bonds is 3. The Morgan fingerprint density at radius 3 is 1.70 bits per heavy atom. The maximum atomic E-state index is 4.99. The fourth-order valence-corrected chi connectivity index (χ4v) is 8.03. The van der Waals surface area contributed by atoms with Crippen molar-refractivity contribution in [1.29, 1.82) is 0 Å². The van der Waals surface area contributed by atoms with Crippen LogP contribution in [0, 0.1) is 0 Å². The summed E-state index contributed by atoms with van der Waals surface area (Å²) in [5.41, 5.74) is 6.77. The Labute approximate surface area is 255 Å². The second-order valence-corrected chi connectivity index (χ2v) is 12.3.